The summed E-state index contributed by atoms with van der Waals surface area (Å²) in [5.41, 5.74) is 3.27. The van der Waals surface area contributed by atoms with E-state index in [9.17, 15) is 0 Å². The molecule has 0 aliphatic heterocycles. The van der Waals surface area contributed by atoms with E-state index in [-0.39, 0.29) is 0 Å². The van der Waals surface area contributed by atoms with Crippen LogP contribution in [0.25, 0.3) is 0 Å². The van der Waals surface area contributed by atoms with E-state index in [1.54, 1.807) is 7.11 Å². The van der Waals surface area contributed by atoms with Gasteiger partial charge in [-0.25, -0.2) is 0 Å². The van der Waals surface area contributed by atoms with Crippen LogP contribution in [0.3, 0.4) is 0 Å². The number of methoxy groups -OCH3 is 1. The third-order valence-electron chi connectivity index (χ3n) is 4.28. The van der Waals surface area contributed by atoms with Gasteiger partial charge in [0.05, 0.1) is 12.9 Å². The standard InChI is InChI=1S/C15H26O/c1-11(2)7-9-15(5)10-8-14(16-6)12(3)13(15)4/h7,13H,8-10H2,1-6H3. The number of allylic oxidation sites excluding steroid dienone is 4. The molecule has 0 heterocycles. The molecule has 0 amide bonds. The fourth-order valence-corrected chi connectivity index (χ4v) is 2.56. The molecule has 1 aliphatic rings. The average molecular weight is 222 g/mol. The number of hydrogen-bond donors (Lipinski definition) is 0. The Bertz CT molecular complexity index is 307. The Morgan fingerprint density at radius 1 is 1.50 bits per heavy atom. The second kappa shape index (κ2) is 5.07. The van der Waals surface area contributed by atoms with Gasteiger partial charge in [0.2, 0.25) is 0 Å². The Morgan fingerprint density at radius 3 is 2.62 bits per heavy atom. The van der Waals surface area contributed by atoms with E-state index in [0.717, 1.165) is 6.42 Å². The van der Waals surface area contributed by atoms with Crippen LogP contribution < -0.4 is 0 Å². The smallest absolute Gasteiger partial charge is 0.0947 e. The molecule has 0 aromatic rings. The molecule has 1 rings (SSSR count). The molecule has 0 saturated carbocycles. The van der Waals surface area contributed by atoms with Crippen molar-refractivity contribution in [2.75, 3.05) is 7.11 Å². The quantitative estimate of drug-likeness (QED) is 0.629. The summed E-state index contributed by atoms with van der Waals surface area (Å²) in [5.74, 6) is 1.83. The third kappa shape index (κ3) is 2.69. The number of rotatable bonds is 3. The summed E-state index contributed by atoms with van der Waals surface area (Å²) >= 11 is 0. The van der Waals surface area contributed by atoms with E-state index >= 15 is 0 Å². The molecular weight excluding hydrogens is 196 g/mol. The Hall–Kier alpha value is -0.720. The van der Waals surface area contributed by atoms with Crippen LogP contribution in [-0.2, 0) is 4.74 Å². The summed E-state index contributed by atoms with van der Waals surface area (Å²) in [5, 5.41) is 0. The summed E-state index contributed by atoms with van der Waals surface area (Å²) in [6.07, 6.45) is 5.89. The highest BCUT2D eigenvalue weighted by Crippen LogP contribution is 2.46. The lowest BCUT2D eigenvalue weighted by atomic mass is 9.66. The van der Waals surface area contributed by atoms with Crippen molar-refractivity contribution in [3.63, 3.8) is 0 Å². The van der Waals surface area contributed by atoms with E-state index < -0.39 is 0 Å². The minimum Gasteiger partial charge on any atom is -0.501 e. The van der Waals surface area contributed by atoms with E-state index in [1.165, 1.54) is 29.7 Å². The molecule has 1 aliphatic carbocycles. The van der Waals surface area contributed by atoms with Crippen LogP contribution in [0.15, 0.2) is 23.0 Å². The van der Waals surface area contributed by atoms with E-state index in [4.69, 9.17) is 4.74 Å². The van der Waals surface area contributed by atoms with Crippen molar-refractivity contribution in [2.24, 2.45) is 11.3 Å². The molecule has 0 saturated heterocycles. The maximum absolute atomic E-state index is 5.46. The van der Waals surface area contributed by atoms with Crippen LogP contribution in [0.2, 0.25) is 0 Å². The van der Waals surface area contributed by atoms with Gasteiger partial charge in [0.15, 0.2) is 0 Å². The molecule has 0 spiro atoms. The Morgan fingerprint density at radius 2 is 2.12 bits per heavy atom. The molecule has 0 radical (unpaired) electrons. The Labute approximate surface area is 101 Å². The minimum atomic E-state index is 0.406. The predicted molar refractivity (Wildman–Crippen MR) is 70.3 cm³/mol. The predicted octanol–water partition coefficient (Wildman–Crippen LogP) is 4.70. The molecule has 0 N–H and O–H groups in total. The van der Waals surface area contributed by atoms with Crippen LogP contribution in [0, 0.1) is 11.3 Å². The van der Waals surface area contributed by atoms with Gasteiger partial charge in [0.25, 0.3) is 0 Å². The van der Waals surface area contributed by atoms with E-state index in [2.05, 4.69) is 40.7 Å². The SMILES string of the molecule is COC1=C(C)C(C)C(C)(CC=C(C)C)CC1. The molecule has 1 heteroatoms. The van der Waals surface area contributed by atoms with Gasteiger partial charge in [0, 0.05) is 6.42 Å². The van der Waals surface area contributed by atoms with Gasteiger partial charge in [-0.1, -0.05) is 25.5 Å². The zero-order valence-electron chi connectivity index (χ0n) is 11.7. The summed E-state index contributed by atoms with van der Waals surface area (Å²) in [4.78, 5) is 0. The van der Waals surface area contributed by atoms with Crippen molar-refractivity contribution in [1.29, 1.82) is 0 Å². The van der Waals surface area contributed by atoms with Crippen LogP contribution in [0.1, 0.15) is 53.9 Å². The highest BCUT2D eigenvalue weighted by molar-refractivity contribution is 5.18. The first-order valence-electron chi connectivity index (χ1n) is 6.27. The lowest BCUT2D eigenvalue weighted by Gasteiger charge is -2.40. The average Bonchev–Trinajstić information content (AvgIpc) is 2.24. The van der Waals surface area contributed by atoms with Crippen molar-refractivity contribution < 1.29 is 4.74 Å². The Kier molecular flexibility index (Phi) is 4.23. The van der Waals surface area contributed by atoms with Crippen LogP contribution in [0.5, 0.6) is 0 Å². The molecule has 2 unspecified atom stereocenters. The second-order valence-corrected chi connectivity index (χ2v) is 5.67. The minimum absolute atomic E-state index is 0.406. The van der Waals surface area contributed by atoms with Gasteiger partial charge in [-0.15, -0.1) is 0 Å². The molecule has 1 nitrogen and oxygen atoms in total. The summed E-state index contributed by atoms with van der Waals surface area (Å²) in [6, 6.07) is 0. The maximum Gasteiger partial charge on any atom is 0.0947 e. The van der Waals surface area contributed by atoms with Gasteiger partial charge in [0.1, 0.15) is 0 Å². The summed E-state index contributed by atoms with van der Waals surface area (Å²) in [7, 11) is 1.80. The van der Waals surface area contributed by atoms with Crippen LogP contribution in [0.4, 0.5) is 0 Å². The highest BCUT2D eigenvalue weighted by Gasteiger charge is 2.36. The lowest BCUT2D eigenvalue weighted by Crippen LogP contribution is -2.30. The van der Waals surface area contributed by atoms with E-state index in [0.29, 0.717) is 11.3 Å². The second-order valence-electron chi connectivity index (χ2n) is 5.67. The highest BCUT2D eigenvalue weighted by atomic mass is 16.5. The zero-order chi connectivity index (χ0) is 12.3. The van der Waals surface area contributed by atoms with Crippen LogP contribution >= 0.6 is 0 Å². The van der Waals surface area contributed by atoms with Gasteiger partial charge >= 0.3 is 0 Å². The molecule has 92 valence electrons. The van der Waals surface area contributed by atoms with Gasteiger partial charge in [-0.3, -0.25) is 0 Å². The van der Waals surface area contributed by atoms with E-state index in [1.807, 2.05) is 0 Å². The first-order valence-corrected chi connectivity index (χ1v) is 6.27. The number of ether oxygens (including phenoxy) is 1. The van der Waals surface area contributed by atoms with Gasteiger partial charge in [-0.05, 0) is 50.5 Å². The normalized spacial score (nSPS) is 30.2. The van der Waals surface area contributed by atoms with Crippen molar-refractivity contribution in [1.82, 2.24) is 0 Å². The Balaban J connectivity index is 2.86. The summed E-state index contributed by atoms with van der Waals surface area (Å²) < 4.78 is 5.46. The number of hydrogen-bond acceptors (Lipinski definition) is 1. The fourth-order valence-electron chi connectivity index (χ4n) is 2.56. The molecule has 16 heavy (non-hydrogen) atoms. The lowest BCUT2D eigenvalue weighted by molar-refractivity contribution is 0.155. The largest absolute Gasteiger partial charge is 0.501 e. The summed E-state index contributed by atoms with van der Waals surface area (Å²) in [6.45, 7) is 11.3. The van der Waals surface area contributed by atoms with Gasteiger partial charge < -0.3 is 4.74 Å². The van der Waals surface area contributed by atoms with Crippen molar-refractivity contribution >= 4 is 0 Å². The first-order chi connectivity index (χ1) is 7.40. The van der Waals surface area contributed by atoms with Crippen molar-refractivity contribution in [2.45, 2.75) is 53.9 Å². The first kappa shape index (κ1) is 13.3. The maximum atomic E-state index is 5.46. The van der Waals surface area contributed by atoms with Gasteiger partial charge in [-0.2, -0.15) is 0 Å². The topological polar surface area (TPSA) is 9.23 Å². The molecule has 0 aromatic carbocycles. The fraction of sp³-hybridized carbons (Fsp3) is 0.733. The van der Waals surface area contributed by atoms with Crippen LogP contribution in [-0.4, -0.2) is 7.11 Å². The molecule has 2 atom stereocenters. The molecular formula is C15H26O. The van der Waals surface area contributed by atoms with Crippen molar-refractivity contribution in [3.8, 4) is 0 Å². The van der Waals surface area contributed by atoms with Crippen molar-refractivity contribution in [3.05, 3.63) is 23.0 Å². The monoisotopic (exact) mass is 222 g/mol. The molecule has 0 aromatic heterocycles. The molecule has 0 fully saturated rings. The zero-order valence-corrected chi connectivity index (χ0v) is 11.7. The third-order valence-corrected chi connectivity index (χ3v) is 4.28. The molecule has 0 bridgehead atoms.